The van der Waals surface area contributed by atoms with Gasteiger partial charge in [-0.1, -0.05) is 0 Å². The topological polar surface area (TPSA) is 64.6 Å². The summed E-state index contributed by atoms with van der Waals surface area (Å²) in [5, 5.41) is 2.55. The fourth-order valence-electron chi connectivity index (χ4n) is 1.79. The third-order valence-corrected chi connectivity index (χ3v) is 3.23. The summed E-state index contributed by atoms with van der Waals surface area (Å²) in [6.07, 6.45) is 0. The second-order valence-electron chi connectivity index (χ2n) is 3.88. The van der Waals surface area contributed by atoms with E-state index in [-0.39, 0.29) is 0 Å². The largest absolute Gasteiger partial charge is 0.489 e. The van der Waals surface area contributed by atoms with Gasteiger partial charge in [0.05, 0.1) is 22.3 Å². The van der Waals surface area contributed by atoms with Gasteiger partial charge in [0.15, 0.2) is 0 Å². The molecule has 0 aliphatic carbocycles. The van der Waals surface area contributed by atoms with Gasteiger partial charge in [0, 0.05) is 7.11 Å². The number of aryl methyl sites for hydroxylation is 1. The lowest BCUT2D eigenvalue weighted by Crippen LogP contribution is -2.13. The summed E-state index contributed by atoms with van der Waals surface area (Å²) < 4.78 is 11.0. The Morgan fingerprint density at radius 2 is 2.06 bits per heavy atom. The summed E-state index contributed by atoms with van der Waals surface area (Å²) in [4.78, 5) is 23.2. The predicted octanol–water partition coefficient (Wildman–Crippen LogP) is 1.92. The fourth-order valence-corrected chi connectivity index (χ4v) is 2.44. The number of nitrogens with one attached hydrogen (secondary N) is 1. The van der Waals surface area contributed by atoms with Crippen LogP contribution in [0, 0.1) is 6.92 Å². The Morgan fingerprint density at radius 3 is 2.72 bits per heavy atom. The van der Waals surface area contributed by atoms with Crippen molar-refractivity contribution in [1.29, 1.82) is 0 Å². The van der Waals surface area contributed by atoms with Gasteiger partial charge < -0.3 is 14.8 Å². The molecule has 1 amide bonds. The molecule has 0 bridgehead atoms. The van der Waals surface area contributed by atoms with Crippen molar-refractivity contribution in [3.63, 3.8) is 0 Å². The maximum Gasteiger partial charge on any atom is 0.297 e. The molecule has 0 radical (unpaired) electrons. The molecule has 6 heteroatoms. The number of carbonyl (C=O) groups excluding carboxylic acids is 2. The van der Waals surface area contributed by atoms with Gasteiger partial charge in [-0.15, -0.1) is 0 Å². The molecule has 0 unspecified atom stereocenters. The number of Topliss-reactive ketones (excluding diaryl/α,β-unsaturated/α-hetero) is 1. The second-order valence-corrected chi connectivity index (χ2v) is 4.73. The van der Waals surface area contributed by atoms with Gasteiger partial charge in [0.2, 0.25) is 0 Å². The number of hydrogen-bond donors (Lipinski definition) is 1. The third kappa shape index (κ3) is 2.13. The van der Waals surface area contributed by atoms with Crippen molar-refractivity contribution in [2.75, 3.05) is 25.6 Å². The minimum atomic E-state index is -0.622. The van der Waals surface area contributed by atoms with Crippen molar-refractivity contribution in [3.05, 3.63) is 21.7 Å². The minimum Gasteiger partial charge on any atom is -0.489 e. The van der Waals surface area contributed by atoms with Crippen molar-refractivity contribution < 1.29 is 19.1 Å². The molecule has 1 aromatic rings. The fraction of sp³-hybridized carbons (Fsp3) is 0.333. The number of carbonyl (C=O) groups is 2. The first-order valence-corrected chi connectivity index (χ1v) is 6.16. The lowest BCUT2D eigenvalue weighted by atomic mass is 10.1. The Bertz CT molecular complexity index is 527. The van der Waals surface area contributed by atoms with Crippen LogP contribution in [-0.4, -0.2) is 32.0 Å². The first kappa shape index (κ1) is 13.0. The predicted molar refractivity (Wildman–Crippen MR) is 69.2 cm³/mol. The first-order chi connectivity index (χ1) is 8.56. The van der Waals surface area contributed by atoms with Crippen LogP contribution in [0.1, 0.15) is 15.9 Å². The summed E-state index contributed by atoms with van der Waals surface area (Å²) in [5.41, 5.74) is 1.64. The molecule has 18 heavy (non-hydrogen) atoms. The number of halogens is 1. The van der Waals surface area contributed by atoms with Gasteiger partial charge >= 0.3 is 0 Å². The molecule has 0 aromatic heterocycles. The molecule has 1 N–H and O–H groups in total. The van der Waals surface area contributed by atoms with Gasteiger partial charge in [-0.25, -0.2) is 0 Å². The Labute approximate surface area is 113 Å². The number of hydrogen-bond acceptors (Lipinski definition) is 4. The molecule has 1 heterocycles. The van der Waals surface area contributed by atoms with E-state index < -0.39 is 11.7 Å². The molecule has 1 aromatic carbocycles. The van der Waals surface area contributed by atoms with E-state index >= 15 is 0 Å². The highest BCUT2D eigenvalue weighted by molar-refractivity contribution is 9.10. The van der Waals surface area contributed by atoms with Crippen LogP contribution in [0.15, 0.2) is 10.5 Å². The van der Waals surface area contributed by atoms with E-state index in [0.29, 0.717) is 34.7 Å². The van der Waals surface area contributed by atoms with E-state index in [4.69, 9.17) is 9.47 Å². The normalized spacial score (nSPS) is 13.5. The van der Waals surface area contributed by atoms with Crippen LogP contribution >= 0.6 is 15.9 Å². The van der Waals surface area contributed by atoms with Gasteiger partial charge in [-0.05, 0) is 34.5 Å². The molecule has 96 valence electrons. The van der Waals surface area contributed by atoms with Crippen LogP contribution in [0.5, 0.6) is 5.75 Å². The van der Waals surface area contributed by atoms with Crippen molar-refractivity contribution in [1.82, 2.24) is 0 Å². The molecule has 0 saturated carbocycles. The molecule has 0 atom stereocenters. The van der Waals surface area contributed by atoms with E-state index in [1.54, 1.807) is 13.2 Å². The van der Waals surface area contributed by atoms with Crippen LogP contribution in [0.3, 0.4) is 0 Å². The Morgan fingerprint density at radius 1 is 1.33 bits per heavy atom. The van der Waals surface area contributed by atoms with E-state index in [0.717, 1.165) is 5.56 Å². The lowest BCUT2D eigenvalue weighted by Gasteiger charge is -2.12. The van der Waals surface area contributed by atoms with Crippen LogP contribution < -0.4 is 10.1 Å². The van der Waals surface area contributed by atoms with Crippen molar-refractivity contribution in [3.8, 4) is 5.75 Å². The summed E-state index contributed by atoms with van der Waals surface area (Å²) in [6, 6.07) is 1.81. The van der Waals surface area contributed by atoms with Crippen LogP contribution in [0.2, 0.25) is 0 Å². The van der Waals surface area contributed by atoms with Crippen LogP contribution in [-0.2, 0) is 9.53 Å². The molecular weight excluding hydrogens is 302 g/mol. The van der Waals surface area contributed by atoms with E-state index in [1.165, 1.54) is 0 Å². The minimum absolute atomic E-state index is 0.294. The quantitative estimate of drug-likeness (QED) is 0.681. The summed E-state index contributed by atoms with van der Waals surface area (Å²) in [7, 11) is 1.56. The average molecular weight is 314 g/mol. The molecule has 2 rings (SSSR count). The van der Waals surface area contributed by atoms with Crippen LogP contribution in [0.25, 0.3) is 0 Å². The number of rotatable bonds is 4. The molecule has 0 saturated heterocycles. The van der Waals surface area contributed by atoms with E-state index in [9.17, 15) is 9.59 Å². The highest BCUT2D eigenvalue weighted by Crippen LogP contribution is 2.40. The third-order valence-electron chi connectivity index (χ3n) is 2.64. The molecule has 0 spiro atoms. The number of ether oxygens (including phenoxy) is 2. The number of ketones is 1. The van der Waals surface area contributed by atoms with Gasteiger partial charge in [-0.3, -0.25) is 9.59 Å². The van der Waals surface area contributed by atoms with Gasteiger partial charge in [-0.2, -0.15) is 0 Å². The maximum atomic E-state index is 11.8. The molecule has 1 aliphatic heterocycles. The zero-order chi connectivity index (χ0) is 13.3. The summed E-state index contributed by atoms with van der Waals surface area (Å²) in [6.45, 7) is 2.54. The summed E-state index contributed by atoms with van der Waals surface area (Å²) >= 11 is 3.34. The smallest absolute Gasteiger partial charge is 0.297 e. The number of benzene rings is 1. The Hall–Kier alpha value is -1.40. The standard InChI is InChI=1S/C12H12BrNO4/c1-6-5-7(13)11(18-4-3-17-2)8-9(6)14-12(16)10(8)15/h5H,3-4H2,1-2H3,(H,14,15,16). The van der Waals surface area contributed by atoms with Crippen molar-refractivity contribution in [2.24, 2.45) is 0 Å². The van der Waals surface area contributed by atoms with Crippen LogP contribution in [0.4, 0.5) is 5.69 Å². The highest BCUT2D eigenvalue weighted by Gasteiger charge is 2.34. The average Bonchev–Trinajstić information content (AvgIpc) is 2.62. The van der Waals surface area contributed by atoms with Gasteiger partial charge in [0.25, 0.3) is 11.7 Å². The van der Waals surface area contributed by atoms with Crippen molar-refractivity contribution >= 4 is 33.3 Å². The van der Waals surface area contributed by atoms with Crippen molar-refractivity contribution in [2.45, 2.75) is 6.92 Å². The second kappa shape index (κ2) is 5.07. The Kier molecular flexibility index (Phi) is 3.68. The lowest BCUT2D eigenvalue weighted by molar-refractivity contribution is -0.112. The number of fused-ring (bicyclic) bond motifs is 1. The van der Waals surface area contributed by atoms with E-state index in [2.05, 4.69) is 21.2 Å². The number of methoxy groups -OCH3 is 1. The monoisotopic (exact) mass is 313 g/mol. The molecular formula is C12H12BrNO4. The molecule has 0 fully saturated rings. The number of amides is 1. The zero-order valence-corrected chi connectivity index (χ0v) is 11.6. The highest BCUT2D eigenvalue weighted by atomic mass is 79.9. The van der Waals surface area contributed by atoms with E-state index in [1.807, 2.05) is 6.92 Å². The maximum absolute atomic E-state index is 11.8. The number of anilines is 1. The zero-order valence-electron chi connectivity index (χ0n) is 10.0. The molecule has 5 nitrogen and oxygen atoms in total. The Balaban J connectivity index is 2.44. The first-order valence-electron chi connectivity index (χ1n) is 5.36. The summed E-state index contributed by atoms with van der Waals surface area (Å²) in [5.74, 6) is -0.805. The molecule has 1 aliphatic rings. The SMILES string of the molecule is COCCOc1c(Br)cc(C)c2c1C(=O)C(=O)N2. The van der Waals surface area contributed by atoms with Gasteiger partial charge in [0.1, 0.15) is 12.4 Å².